The number of hydrogen-bond donors (Lipinski definition) is 2. The van der Waals surface area contributed by atoms with Crippen molar-refractivity contribution in [2.45, 2.75) is 38.5 Å². The second-order valence-corrected chi connectivity index (χ2v) is 7.21. The third-order valence-corrected chi connectivity index (χ3v) is 4.83. The normalized spacial score (nSPS) is 26.1. The molecule has 140 valence electrons. The van der Waals surface area contributed by atoms with Crippen molar-refractivity contribution in [1.82, 2.24) is 10.2 Å². The maximum absolute atomic E-state index is 12.7. The Kier molecular flexibility index (Phi) is 4.36. The van der Waals surface area contributed by atoms with Crippen molar-refractivity contribution in [3.63, 3.8) is 0 Å². The van der Waals surface area contributed by atoms with Crippen LogP contribution >= 0.6 is 0 Å². The number of morpholine rings is 1. The van der Waals surface area contributed by atoms with Crippen molar-refractivity contribution in [3.8, 4) is 11.5 Å². The Labute approximate surface area is 151 Å². The number of nitrogens with one attached hydrogen (secondary N) is 2. The first-order valence-electron chi connectivity index (χ1n) is 8.91. The Bertz CT molecular complexity index is 723. The number of nitrogens with zero attached hydrogens (tertiary/aromatic N) is 1. The fraction of sp³-hybridized carbons (Fsp3) is 0.556. The molecule has 26 heavy (non-hydrogen) atoms. The Morgan fingerprint density at radius 2 is 2.00 bits per heavy atom. The average molecular weight is 361 g/mol. The van der Waals surface area contributed by atoms with Gasteiger partial charge < -0.3 is 29.7 Å². The van der Waals surface area contributed by atoms with Crippen LogP contribution in [0, 0.1) is 5.92 Å². The van der Waals surface area contributed by atoms with Gasteiger partial charge in [0, 0.05) is 30.9 Å². The SMILES string of the molecule is CC(C)NC(=O)N1C[C@H]2C[C@H](C(=O)Nc3ccc4c(c3)OCO4)[C@@H](C1)O2. The summed E-state index contributed by atoms with van der Waals surface area (Å²) >= 11 is 0. The Balaban J connectivity index is 1.39. The van der Waals surface area contributed by atoms with Crippen LogP contribution in [0.15, 0.2) is 18.2 Å². The minimum absolute atomic E-state index is 0.0769. The molecule has 3 atom stereocenters. The molecule has 3 amide bonds. The van der Waals surface area contributed by atoms with Gasteiger partial charge in [-0.25, -0.2) is 4.79 Å². The van der Waals surface area contributed by atoms with Crippen LogP contribution in [0.1, 0.15) is 20.3 Å². The van der Waals surface area contributed by atoms with Crippen molar-refractivity contribution >= 4 is 17.6 Å². The highest BCUT2D eigenvalue weighted by molar-refractivity contribution is 5.93. The van der Waals surface area contributed by atoms with E-state index in [1.165, 1.54) is 0 Å². The van der Waals surface area contributed by atoms with E-state index in [2.05, 4.69) is 10.6 Å². The number of benzene rings is 1. The average Bonchev–Trinajstić information content (AvgIpc) is 3.17. The largest absolute Gasteiger partial charge is 0.454 e. The van der Waals surface area contributed by atoms with Gasteiger partial charge in [0.25, 0.3) is 0 Å². The molecule has 2 fully saturated rings. The summed E-state index contributed by atoms with van der Waals surface area (Å²) in [4.78, 5) is 26.7. The van der Waals surface area contributed by atoms with Gasteiger partial charge in [-0.3, -0.25) is 4.79 Å². The van der Waals surface area contributed by atoms with Gasteiger partial charge in [-0.15, -0.1) is 0 Å². The number of carbonyl (C=O) groups is 2. The molecule has 8 heteroatoms. The van der Waals surface area contributed by atoms with Crippen LogP contribution in [-0.2, 0) is 9.53 Å². The topological polar surface area (TPSA) is 89.1 Å². The molecule has 2 N–H and O–H groups in total. The standard InChI is InChI=1S/C18H23N3O5/c1-10(2)19-18(23)21-7-12-6-13(16(8-21)26-12)17(22)20-11-3-4-14-15(5-11)25-9-24-14/h3-5,10,12-13,16H,6-9H2,1-2H3,(H,19,23)(H,20,22)/t12-,13+,16-/m1/s1. The van der Waals surface area contributed by atoms with E-state index in [-0.39, 0.29) is 42.9 Å². The lowest BCUT2D eigenvalue weighted by Crippen LogP contribution is -2.52. The number of hydrogen-bond acceptors (Lipinski definition) is 5. The zero-order valence-corrected chi connectivity index (χ0v) is 14.9. The maximum atomic E-state index is 12.7. The number of urea groups is 1. The first kappa shape index (κ1) is 17.0. The van der Waals surface area contributed by atoms with Crippen molar-refractivity contribution in [3.05, 3.63) is 18.2 Å². The molecule has 0 aliphatic carbocycles. The summed E-state index contributed by atoms with van der Waals surface area (Å²) in [5.41, 5.74) is 0.662. The van der Waals surface area contributed by atoms with Crippen molar-refractivity contribution in [1.29, 1.82) is 0 Å². The molecule has 0 radical (unpaired) electrons. The van der Waals surface area contributed by atoms with Crippen LogP contribution < -0.4 is 20.1 Å². The molecule has 8 nitrogen and oxygen atoms in total. The van der Waals surface area contributed by atoms with Gasteiger partial charge in [0.1, 0.15) is 0 Å². The number of carbonyl (C=O) groups excluding carboxylic acids is 2. The summed E-state index contributed by atoms with van der Waals surface area (Å²) in [6, 6.07) is 5.29. The number of anilines is 1. The van der Waals surface area contributed by atoms with Crippen molar-refractivity contribution in [2.24, 2.45) is 5.92 Å². The second kappa shape index (κ2) is 6.68. The van der Waals surface area contributed by atoms with Crippen LogP contribution in [-0.4, -0.2) is 55.0 Å². The number of likely N-dealkylation sites (tertiary alicyclic amines) is 1. The van der Waals surface area contributed by atoms with E-state index in [4.69, 9.17) is 14.2 Å². The first-order chi connectivity index (χ1) is 12.5. The van der Waals surface area contributed by atoms with E-state index in [1.807, 2.05) is 13.8 Å². The number of fused-ring (bicyclic) bond motifs is 3. The zero-order chi connectivity index (χ0) is 18.3. The highest BCUT2D eigenvalue weighted by atomic mass is 16.7. The summed E-state index contributed by atoms with van der Waals surface area (Å²) < 4.78 is 16.5. The molecule has 1 aromatic carbocycles. The van der Waals surface area contributed by atoms with Gasteiger partial charge in [0.2, 0.25) is 12.7 Å². The number of ether oxygens (including phenoxy) is 3. The lowest BCUT2D eigenvalue weighted by atomic mass is 9.99. The molecule has 3 aliphatic heterocycles. The predicted molar refractivity (Wildman–Crippen MR) is 93.2 cm³/mol. The van der Waals surface area contributed by atoms with Gasteiger partial charge in [0.15, 0.2) is 11.5 Å². The van der Waals surface area contributed by atoms with E-state index < -0.39 is 0 Å². The fourth-order valence-electron chi connectivity index (χ4n) is 3.65. The van der Waals surface area contributed by atoms with Crippen LogP contribution in [0.3, 0.4) is 0 Å². The molecule has 0 aromatic heterocycles. The Morgan fingerprint density at radius 3 is 2.81 bits per heavy atom. The van der Waals surface area contributed by atoms with Crippen LogP contribution in [0.5, 0.6) is 11.5 Å². The molecule has 2 bridgehead atoms. The summed E-state index contributed by atoms with van der Waals surface area (Å²) in [5, 5.41) is 5.82. The summed E-state index contributed by atoms with van der Waals surface area (Å²) in [6.07, 6.45) is 0.242. The van der Waals surface area contributed by atoms with Gasteiger partial charge in [0.05, 0.1) is 18.1 Å². The van der Waals surface area contributed by atoms with Crippen LogP contribution in [0.2, 0.25) is 0 Å². The van der Waals surface area contributed by atoms with E-state index in [0.29, 0.717) is 36.7 Å². The Hall–Kier alpha value is -2.48. The fourth-order valence-corrected chi connectivity index (χ4v) is 3.65. The van der Waals surface area contributed by atoms with Crippen molar-refractivity contribution in [2.75, 3.05) is 25.2 Å². The summed E-state index contributed by atoms with van der Waals surface area (Å²) in [6.45, 7) is 4.99. The summed E-state index contributed by atoms with van der Waals surface area (Å²) in [7, 11) is 0. The lowest BCUT2D eigenvalue weighted by molar-refractivity contribution is -0.122. The van der Waals surface area contributed by atoms with Gasteiger partial charge in [-0.05, 0) is 32.4 Å². The van der Waals surface area contributed by atoms with E-state index in [0.717, 1.165) is 0 Å². The molecule has 3 aliphatic rings. The third-order valence-electron chi connectivity index (χ3n) is 4.83. The molecule has 4 rings (SSSR count). The molecule has 2 saturated heterocycles. The van der Waals surface area contributed by atoms with Crippen LogP contribution in [0.25, 0.3) is 0 Å². The van der Waals surface area contributed by atoms with Gasteiger partial charge >= 0.3 is 6.03 Å². The summed E-state index contributed by atoms with van der Waals surface area (Å²) in [5.74, 6) is 0.931. The monoisotopic (exact) mass is 361 g/mol. The molecular weight excluding hydrogens is 338 g/mol. The Morgan fingerprint density at radius 1 is 1.19 bits per heavy atom. The van der Waals surface area contributed by atoms with Gasteiger partial charge in [-0.1, -0.05) is 0 Å². The smallest absolute Gasteiger partial charge is 0.317 e. The van der Waals surface area contributed by atoms with E-state index in [1.54, 1.807) is 23.1 Å². The first-order valence-corrected chi connectivity index (χ1v) is 8.91. The highest BCUT2D eigenvalue weighted by Gasteiger charge is 2.45. The minimum Gasteiger partial charge on any atom is -0.454 e. The number of amides is 3. The molecule has 1 aromatic rings. The van der Waals surface area contributed by atoms with Gasteiger partial charge in [-0.2, -0.15) is 0 Å². The molecule has 0 unspecified atom stereocenters. The van der Waals surface area contributed by atoms with E-state index in [9.17, 15) is 9.59 Å². The van der Waals surface area contributed by atoms with E-state index >= 15 is 0 Å². The highest BCUT2D eigenvalue weighted by Crippen LogP contribution is 2.36. The molecule has 0 spiro atoms. The third kappa shape index (κ3) is 3.29. The van der Waals surface area contributed by atoms with Crippen molar-refractivity contribution < 1.29 is 23.8 Å². The lowest BCUT2D eigenvalue weighted by Gasteiger charge is -2.33. The second-order valence-electron chi connectivity index (χ2n) is 7.21. The quantitative estimate of drug-likeness (QED) is 0.853. The van der Waals surface area contributed by atoms with Crippen LogP contribution in [0.4, 0.5) is 10.5 Å². The number of rotatable bonds is 3. The molecule has 0 saturated carbocycles. The molecule has 3 heterocycles. The molecular formula is C18H23N3O5. The maximum Gasteiger partial charge on any atom is 0.317 e. The zero-order valence-electron chi connectivity index (χ0n) is 14.9. The predicted octanol–water partition coefficient (Wildman–Crippen LogP) is 1.56. The minimum atomic E-state index is -0.277.